The highest BCUT2D eigenvalue weighted by Gasteiger charge is 2.25. The van der Waals surface area contributed by atoms with E-state index in [0.29, 0.717) is 12.0 Å². The van der Waals surface area contributed by atoms with Crippen molar-refractivity contribution in [2.45, 2.75) is 252 Å². The Bertz CT molecular complexity index is 679. The van der Waals surface area contributed by atoms with E-state index >= 15 is 0 Å². The molecule has 2 unspecified atom stereocenters. The summed E-state index contributed by atoms with van der Waals surface area (Å²) < 4.78 is 2.63. The molecule has 0 aliphatic rings. The molecular weight excluding hydrogens is 532 g/mol. The summed E-state index contributed by atoms with van der Waals surface area (Å²) in [6.07, 6.45) is 51.7. The maximum Gasteiger partial charge on any atom is 0.257 e. The average Bonchev–Trinajstić information content (AvgIpc) is 3.53. The van der Waals surface area contributed by atoms with Gasteiger partial charge < -0.3 is 0 Å². The third-order valence-corrected chi connectivity index (χ3v) is 10.4. The van der Waals surface area contributed by atoms with E-state index in [2.05, 4.69) is 49.6 Å². The van der Waals surface area contributed by atoms with Gasteiger partial charge in [-0.1, -0.05) is 207 Å². The molecule has 0 saturated heterocycles. The first-order valence-corrected chi connectivity index (χ1v) is 20.8. The maximum atomic E-state index is 3.74. The fourth-order valence-corrected chi connectivity index (χ4v) is 7.31. The number of rotatable bonds is 35. The Hall–Kier alpha value is -0.790. The van der Waals surface area contributed by atoms with E-state index in [1.807, 2.05) is 0 Å². The van der Waals surface area contributed by atoms with Crippen LogP contribution in [0.2, 0.25) is 0 Å². The Kier molecular flexibility index (Phi) is 30.1. The van der Waals surface area contributed by atoms with Crippen molar-refractivity contribution in [2.24, 2.45) is 0 Å². The van der Waals surface area contributed by atoms with Gasteiger partial charge in [-0.05, 0) is 32.6 Å². The SMILES string of the molecule is CCCCCCCCCCCCCCCCC(C)[n+]1cc[nH]c1C(CCCCCC)CCCCCCCCCCCCCC. The molecule has 0 spiro atoms. The van der Waals surface area contributed by atoms with Crippen LogP contribution in [0.3, 0.4) is 0 Å². The minimum atomic E-state index is 0.619. The van der Waals surface area contributed by atoms with Crippen LogP contribution in [-0.4, -0.2) is 4.98 Å². The molecule has 1 aromatic heterocycles. The Balaban J connectivity index is 2.26. The van der Waals surface area contributed by atoms with E-state index in [-0.39, 0.29) is 0 Å². The van der Waals surface area contributed by atoms with Gasteiger partial charge in [-0.25, -0.2) is 9.55 Å². The van der Waals surface area contributed by atoms with Crippen molar-refractivity contribution in [2.75, 3.05) is 0 Å². The highest BCUT2D eigenvalue weighted by molar-refractivity contribution is 4.90. The first-order valence-electron chi connectivity index (χ1n) is 20.8. The minimum absolute atomic E-state index is 0.619. The standard InChI is InChI=1S/C42H82N2/c1-5-8-11-14-16-18-20-22-23-24-26-28-30-32-35-40(4)44-39-38-43-42(44)41(36-33-13-10-7-3)37-34-31-29-27-25-21-19-17-15-12-9-6-2/h38-41H,5-37H2,1-4H3/p+1. The van der Waals surface area contributed by atoms with Crippen LogP contribution >= 0.6 is 0 Å². The fourth-order valence-electron chi connectivity index (χ4n) is 7.31. The molecule has 0 amide bonds. The Morgan fingerprint density at radius 3 is 1.09 bits per heavy atom. The first-order chi connectivity index (χ1) is 21.7. The van der Waals surface area contributed by atoms with Crippen LogP contribution in [0.5, 0.6) is 0 Å². The van der Waals surface area contributed by atoms with Gasteiger partial charge in [0.25, 0.3) is 5.82 Å². The molecule has 0 aliphatic carbocycles. The van der Waals surface area contributed by atoms with Crippen LogP contribution in [0.1, 0.15) is 257 Å². The fraction of sp³-hybridized carbons (Fsp3) is 0.929. The number of hydrogen-bond donors (Lipinski definition) is 1. The van der Waals surface area contributed by atoms with Crippen LogP contribution in [0.25, 0.3) is 0 Å². The molecule has 2 atom stereocenters. The van der Waals surface area contributed by atoms with Gasteiger partial charge in [0.15, 0.2) is 0 Å². The summed E-state index contributed by atoms with van der Waals surface area (Å²) in [5.41, 5.74) is 0. The molecule has 0 aliphatic heterocycles. The van der Waals surface area contributed by atoms with Gasteiger partial charge >= 0.3 is 0 Å². The highest BCUT2D eigenvalue weighted by atomic mass is 15.1. The maximum absolute atomic E-state index is 3.74. The Morgan fingerprint density at radius 1 is 0.432 bits per heavy atom. The van der Waals surface area contributed by atoms with E-state index in [0.717, 1.165) is 0 Å². The number of nitrogens with zero attached hydrogens (tertiary/aromatic N) is 1. The smallest absolute Gasteiger partial charge is 0.247 e. The second-order valence-electron chi connectivity index (χ2n) is 14.7. The minimum Gasteiger partial charge on any atom is -0.247 e. The van der Waals surface area contributed by atoms with Crippen molar-refractivity contribution in [3.8, 4) is 0 Å². The predicted molar refractivity (Wildman–Crippen MR) is 198 cm³/mol. The second kappa shape index (κ2) is 32.2. The highest BCUT2D eigenvalue weighted by Crippen LogP contribution is 2.27. The van der Waals surface area contributed by atoms with Gasteiger partial charge in [0.05, 0.1) is 12.0 Å². The summed E-state index contributed by atoms with van der Waals surface area (Å²) in [7, 11) is 0. The Labute approximate surface area is 278 Å². The summed E-state index contributed by atoms with van der Waals surface area (Å²) >= 11 is 0. The zero-order valence-electron chi connectivity index (χ0n) is 31.1. The van der Waals surface area contributed by atoms with E-state index in [4.69, 9.17) is 0 Å². The second-order valence-corrected chi connectivity index (χ2v) is 14.7. The summed E-state index contributed by atoms with van der Waals surface area (Å²) in [6.45, 7) is 9.43. The lowest BCUT2D eigenvalue weighted by atomic mass is 9.93. The number of unbranched alkanes of at least 4 members (excludes halogenated alkanes) is 27. The van der Waals surface area contributed by atoms with Crippen molar-refractivity contribution < 1.29 is 4.57 Å². The molecular formula is C42H83N2+. The number of imidazole rings is 1. The topological polar surface area (TPSA) is 19.7 Å². The van der Waals surface area contributed by atoms with Crippen LogP contribution in [0, 0.1) is 0 Å². The normalized spacial score (nSPS) is 13.1. The van der Waals surface area contributed by atoms with Crippen molar-refractivity contribution in [1.82, 2.24) is 4.98 Å². The molecule has 0 bridgehead atoms. The van der Waals surface area contributed by atoms with Crippen LogP contribution in [0.4, 0.5) is 0 Å². The third kappa shape index (κ3) is 23.5. The van der Waals surface area contributed by atoms with Crippen molar-refractivity contribution in [1.29, 1.82) is 0 Å². The van der Waals surface area contributed by atoms with Crippen LogP contribution in [0.15, 0.2) is 12.4 Å². The van der Waals surface area contributed by atoms with Crippen molar-refractivity contribution >= 4 is 0 Å². The lowest BCUT2D eigenvalue weighted by molar-refractivity contribution is -0.727. The predicted octanol–water partition coefficient (Wildman–Crippen LogP) is 14.9. The molecule has 0 fully saturated rings. The zero-order chi connectivity index (χ0) is 31.8. The molecule has 1 aromatic rings. The lowest BCUT2D eigenvalue weighted by Gasteiger charge is -2.17. The number of H-pyrrole nitrogens is 1. The molecule has 0 radical (unpaired) electrons. The molecule has 1 heterocycles. The molecule has 2 heteroatoms. The summed E-state index contributed by atoms with van der Waals surface area (Å²) in [5.74, 6) is 2.24. The number of aromatic nitrogens is 2. The van der Waals surface area contributed by atoms with Gasteiger partial charge in [0.1, 0.15) is 12.4 Å². The van der Waals surface area contributed by atoms with E-state index < -0.39 is 0 Å². The van der Waals surface area contributed by atoms with Crippen molar-refractivity contribution in [3.05, 3.63) is 18.2 Å². The van der Waals surface area contributed by atoms with Gasteiger partial charge in [-0.2, -0.15) is 0 Å². The lowest BCUT2D eigenvalue weighted by Crippen LogP contribution is -2.41. The quantitative estimate of drug-likeness (QED) is 0.0579. The third-order valence-electron chi connectivity index (χ3n) is 10.4. The van der Waals surface area contributed by atoms with Gasteiger partial charge in [-0.3, -0.25) is 0 Å². The monoisotopic (exact) mass is 616 g/mol. The zero-order valence-corrected chi connectivity index (χ0v) is 31.1. The summed E-state index contributed by atoms with van der Waals surface area (Å²) in [4.78, 5) is 3.74. The first kappa shape index (κ1) is 41.2. The van der Waals surface area contributed by atoms with Crippen LogP contribution < -0.4 is 4.57 Å². The largest absolute Gasteiger partial charge is 0.257 e. The average molecular weight is 616 g/mol. The number of nitrogens with one attached hydrogen (secondary N) is 1. The van der Waals surface area contributed by atoms with Gasteiger partial charge in [0.2, 0.25) is 0 Å². The van der Waals surface area contributed by atoms with Crippen molar-refractivity contribution in [3.63, 3.8) is 0 Å². The molecule has 2 nitrogen and oxygen atoms in total. The summed E-state index contributed by atoms with van der Waals surface area (Å²) in [6, 6.07) is 0.619. The Morgan fingerprint density at radius 2 is 0.727 bits per heavy atom. The van der Waals surface area contributed by atoms with E-state index in [1.54, 1.807) is 0 Å². The number of hydrogen-bond acceptors (Lipinski definition) is 0. The van der Waals surface area contributed by atoms with E-state index in [9.17, 15) is 0 Å². The molecule has 0 aromatic carbocycles. The summed E-state index contributed by atoms with van der Waals surface area (Å²) in [5, 5.41) is 0. The molecule has 44 heavy (non-hydrogen) atoms. The molecule has 1 N–H and O–H groups in total. The molecule has 260 valence electrons. The van der Waals surface area contributed by atoms with Gasteiger partial charge in [-0.15, -0.1) is 0 Å². The number of aromatic amines is 1. The molecule has 0 saturated carbocycles. The van der Waals surface area contributed by atoms with Crippen LogP contribution in [-0.2, 0) is 0 Å². The van der Waals surface area contributed by atoms with Gasteiger partial charge in [0, 0.05) is 0 Å². The van der Waals surface area contributed by atoms with E-state index in [1.165, 1.54) is 218 Å². The molecule has 1 rings (SSSR count).